The Morgan fingerprint density at radius 1 is 1.32 bits per heavy atom. The van der Waals surface area contributed by atoms with Gasteiger partial charge in [0.2, 0.25) is 0 Å². The van der Waals surface area contributed by atoms with Crippen LogP contribution < -0.4 is 15.2 Å². The molecule has 0 radical (unpaired) electrons. The van der Waals surface area contributed by atoms with E-state index in [1.54, 1.807) is 6.07 Å². The quantitative estimate of drug-likeness (QED) is 0.648. The molecule has 0 aliphatic rings. The Kier molecular flexibility index (Phi) is 5.71. The molecule has 0 saturated heterocycles. The maximum Gasteiger partial charge on any atom is 0.411 e. The third-order valence-corrected chi connectivity index (χ3v) is 2.31. The molecule has 108 valence electrons. The summed E-state index contributed by atoms with van der Waals surface area (Å²) in [5, 5.41) is 0.390. The number of rotatable bonds is 6. The maximum absolute atomic E-state index is 11.9. The van der Waals surface area contributed by atoms with E-state index in [-0.39, 0.29) is 18.0 Å². The molecule has 1 rings (SSSR count). The highest BCUT2D eigenvalue weighted by molar-refractivity contribution is 6.30. The van der Waals surface area contributed by atoms with Crippen molar-refractivity contribution < 1.29 is 27.4 Å². The van der Waals surface area contributed by atoms with Crippen LogP contribution in [0.2, 0.25) is 5.02 Å². The minimum Gasteiger partial charge on any atom is -0.493 e. The van der Waals surface area contributed by atoms with Gasteiger partial charge in [-0.1, -0.05) is 11.6 Å². The average molecular weight is 300 g/mol. The normalized spacial score (nSPS) is 11.5. The van der Waals surface area contributed by atoms with Gasteiger partial charge in [0.25, 0.3) is 0 Å². The first-order chi connectivity index (χ1) is 8.87. The van der Waals surface area contributed by atoms with Crippen LogP contribution in [-0.2, 0) is 11.3 Å². The van der Waals surface area contributed by atoms with Gasteiger partial charge in [0.1, 0.15) is 6.61 Å². The molecule has 0 bridgehead atoms. The van der Waals surface area contributed by atoms with E-state index in [0.717, 1.165) is 0 Å². The third-order valence-electron chi connectivity index (χ3n) is 2.09. The summed E-state index contributed by atoms with van der Waals surface area (Å²) in [6, 6.07) is 3.02. The second-order valence-electron chi connectivity index (χ2n) is 3.53. The first-order valence-corrected chi connectivity index (χ1v) is 5.59. The Bertz CT molecular complexity index is 401. The van der Waals surface area contributed by atoms with Crippen LogP contribution in [0.4, 0.5) is 13.2 Å². The van der Waals surface area contributed by atoms with E-state index in [4.69, 9.17) is 26.8 Å². The third kappa shape index (κ3) is 5.14. The van der Waals surface area contributed by atoms with Gasteiger partial charge in [-0.25, -0.2) is 0 Å². The highest BCUT2D eigenvalue weighted by Gasteiger charge is 2.27. The van der Waals surface area contributed by atoms with E-state index in [1.165, 1.54) is 13.2 Å². The number of hydrogen-bond acceptors (Lipinski definition) is 4. The van der Waals surface area contributed by atoms with Gasteiger partial charge in [0.15, 0.2) is 18.3 Å². The molecule has 2 N–H and O–H groups in total. The molecule has 0 fully saturated rings. The van der Waals surface area contributed by atoms with Crippen LogP contribution in [0, 0.1) is 0 Å². The minimum atomic E-state index is -4.40. The average Bonchev–Trinajstić information content (AvgIpc) is 2.33. The molecule has 8 heteroatoms. The lowest BCUT2D eigenvalue weighted by Gasteiger charge is -2.15. The van der Waals surface area contributed by atoms with Crippen LogP contribution in [-0.4, -0.2) is 26.7 Å². The van der Waals surface area contributed by atoms with Crippen molar-refractivity contribution in [2.45, 2.75) is 12.7 Å². The molecule has 0 aliphatic carbocycles. The number of ether oxygens (including phenoxy) is 3. The molecule has 0 aliphatic heterocycles. The Morgan fingerprint density at radius 3 is 2.53 bits per heavy atom. The summed E-state index contributed by atoms with van der Waals surface area (Å²) in [5.74, 6) is 0.500. The number of halogens is 4. The van der Waals surface area contributed by atoms with Crippen molar-refractivity contribution >= 4 is 11.6 Å². The first-order valence-electron chi connectivity index (χ1n) is 5.21. The van der Waals surface area contributed by atoms with Crippen molar-refractivity contribution in [2.75, 3.05) is 20.5 Å². The number of hydrogen-bond donors (Lipinski definition) is 1. The van der Waals surface area contributed by atoms with Gasteiger partial charge in [-0.3, -0.25) is 0 Å². The molecule has 0 atom stereocenters. The lowest BCUT2D eigenvalue weighted by Crippen LogP contribution is -2.19. The zero-order valence-corrected chi connectivity index (χ0v) is 10.8. The molecule has 0 spiro atoms. The molecular weight excluding hydrogens is 287 g/mol. The zero-order chi connectivity index (χ0) is 14.5. The topological polar surface area (TPSA) is 53.7 Å². The van der Waals surface area contributed by atoms with E-state index in [1.807, 2.05) is 0 Å². The molecule has 1 aromatic rings. The maximum atomic E-state index is 11.9. The van der Waals surface area contributed by atoms with Crippen molar-refractivity contribution in [3.8, 4) is 11.5 Å². The van der Waals surface area contributed by atoms with Crippen LogP contribution >= 0.6 is 11.6 Å². The van der Waals surface area contributed by atoms with Crippen LogP contribution in [0.15, 0.2) is 12.1 Å². The molecule has 0 heterocycles. The fraction of sp³-hybridized carbons (Fsp3) is 0.455. The molecule has 0 amide bonds. The van der Waals surface area contributed by atoms with Gasteiger partial charge in [0, 0.05) is 23.2 Å². The van der Waals surface area contributed by atoms with Crippen molar-refractivity contribution in [2.24, 2.45) is 5.73 Å². The second kappa shape index (κ2) is 6.83. The number of benzene rings is 1. The van der Waals surface area contributed by atoms with E-state index in [2.05, 4.69) is 4.74 Å². The van der Waals surface area contributed by atoms with Gasteiger partial charge in [-0.15, -0.1) is 0 Å². The molecule has 0 saturated carbocycles. The summed E-state index contributed by atoms with van der Waals surface area (Å²) < 4.78 is 50.1. The van der Waals surface area contributed by atoms with Gasteiger partial charge >= 0.3 is 6.18 Å². The first kappa shape index (κ1) is 15.9. The minimum absolute atomic E-state index is 0.103. The highest BCUT2D eigenvalue weighted by atomic mass is 35.5. The van der Waals surface area contributed by atoms with Crippen LogP contribution in [0.3, 0.4) is 0 Å². The molecular formula is C11H13ClF3NO3. The summed E-state index contributed by atoms with van der Waals surface area (Å²) >= 11 is 5.83. The smallest absolute Gasteiger partial charge is 0.411 e. The lowest BCUT2D eigenvalue weighted by molar-refractivity contribution is -0.186. The predicted octanol–water partition coefficient (Wildman–Crippen LogP) is 2.72. The Balaban J connectivity index is 2.71. The van der Waals surface area contributed by atoms with Gasteiger partial charge < -0.3 is 19.9 Å². The SMILES string of the molecule is COc1cc(Cl)cc(CN)c1OCOCC(F)(F)F. The Hall–Kier alpha value is -1.18. The Labute approximate surface area is 113 Å². The van der Waals surface area contributed by atoms with E-state index in [0.29, 0.717) is 10.6 Å². The van der Waals surface area contributed by atoms with Crippen molar-refractivity contribution in [3.63, 3.8) is 0 Å². The van der Waals surface area contributed by atoms with Gasteiger partial charge in [0.05, 0.1) is 7.11 Å². The summed E-state index contributed by atoms with van der Waals surface area (Å²) in [6.45, 7) is -1.85. The summed E-state index contributed by atoms with van der Waals surface area (Å²) in [6.07, 6.45) is -4.40. The number of methoxy groups -OCH3 is 1. The van der Waals surface area contributed by atoms with Crippen molar-refractivity contribution in [3.05, 3.63) is 22.7 Å². The zero-order valence-electron chi connectivity index (χ0n) is 10.1. The molecule has 0 unspecified atom stereocenters. The molecule has 0 aromatic heterocycles. The van der Waals surface area contributed by atoms with Crippen LogP contribution in [0.5, 0.6) is 11.5 Å². The monoisotopic (exact) mass is 299 g/mol. The molecule has 1 aromatic carbocycles. The van der Waals surface area contributed by atoms with E-state index < -0.39 is 19.6 Å². The molecule has 19 heavy (non-hydrogen) atoms. The highest BCUT2D eigenvalue weighted by Crippen LogP contribution is 2.34. The fourth-order valence-corrected chi connectivity index (χ4v) is 1.58. The summed E-state index contributed by atoms with van der Waals surface area (Å²) in [5.41, 5.74) is 6.02. The second-order valence-corrected chi connectivity index (χ2v) is 3.96. The van der Waals surface area contributed by atoms with Gasteiger partial charge in [-0.05, 0) is 6.07 Å². The predicted molar refractivity (Wildman–Crippen MR) is 63.4 cm³/mol. The summed E-state index contributed by atoms with van der Waals surface area (Å²) in [7, 11) is 1.38. The van der Waals surface area contributed by atoms with Crippen LogP contribution in [0.25, 0.3) is 0 Å². The number of alkyl halides is 3. The Morgan fingerprint density at radius 2 is 2.00 bits per heavy atom. The standard InChI is InChI=1S/C11H13ClF3NO3/c1-17-9-3-8(12)2-7(4-16)10(9)19-6-18-5-11(13,14)15/h2-3H,4-6,16H2,1H3. The largest absolute Gasteiger partial charge is 0.493 e. The van der Waals surface area contributed by atoms with Gasteiger partial charge in [-0.2, -0.15) is 13.2 Å². The van der Waals surface area contributed by atoms with Crippen molar-refractivity contribution in [1.82, 2.24) is 0 Å². The van der Waals surface area contributed by atoms with Crippen molar-refractivity contribution in [1.29, 1.82) is 0 Å². The van der Waals surface area contributed by atoms with Crippen LogP contribution in [0.1, 0.15) is 5.56 Å². The summed E-state index contributed by atoms with van der Waals surface area (Å²) in [4.78, 5) is 0. The fourth-order valence-electron chi connectivity index (χ4n) is 1.35. The molecule has 4 nitrogen and oxygen atoms in total. The number of nitrogens with two attached hydrogens (primary N) is 1. The lowest BCUT2D eigenvalue weighted by atomic mass is 10.2. The van der Waals surface area contributed by atoms with E-state index in [9.17, 15) is 13.2 Å². The van der Waals surface area contributed by atoms with E-state index >= 15 is 0 Å².